The number of rotatable bonds is 0. The van der Waals surface area contributed by atoms with Gasteiger partial charge in [-0.3, -0.25) is 4.79 Å². The molecular weight excluding hydrogens is 104 g/mol. The maximum Gasteiger partial charge on any atom is 0.135 e. The minimum absolute atomic E-state index is 0.318. The summed E-state index contributed by atoms with van der Waals surface area (Å²) >= 11 is 0. The number of nitrogens with zero attached hydrogens (tertiary/aromatic N) is 1. The van der Waals surface area contributed by atoms with Crippen molar-refractivity contribution in [1.82, 2.24) is 10.9 Å². The van der Waals surface area contributed by atoms with E-state index in [1.54, 1.807) is 0 Å². The summed E-state index contributed by atoms with van der Waals surface area (Å²) in [7, 11) is 0. The second-order valence-electron chi connectivity index (χ2n) is 1.83. The van der Waals surface area contributed by atoms with Crippen LogP contribution in [0, 0.1) is 0 Å². The number of ketones is 1. The van der Waals surface area contributed by atoms with Crippen LogP contribution in [-0.4, -0.2) is 18.9 Å². The summed E-state index contributed by atoms with van der Waals surface area (Å²) in [5.41, 5.74) is 6.63. The summed E-state index contributed by atoms with van der Waals surface area (Å²) in [6, 6.07) is 0. The molecule has 1 radical (unpaired) electrons. The van der Waals surface area contributed by atoms with E-state index < -0.39 is 0 Å². The molecular formula is C5H9N2O. The first-order chi connectivity index (χ1) is 3.89. The Kier molecular flexibility index (Phi) is 2.00. The second kappa shape index (κ2) is 2.79. The molecule has 8 heavy (non-hydrogen) atoms. The number of nitrogens with one attached hydrogen (secondary N) is 1. The molecule has 45 valence electrons. The van der Waals surface area contributed by atoms with E-state index in [4.69, 9.17) is 0 Å². The van der Waals surface area contributed by atoms with Crippen LogP contribution >= 0.6 is 0 Å². The molecule has 1 heterocycles. The first kappa shape index (κ1) is 5.72. The molecule has 0 aromatic rings. The maximum absolute atomic E-state index is 10.6. The van der Waals surface area contributed by atoms with Crippen molar-refractivity contribution in [3.8, 4) is 0 Å². The van der Waals surface area contributed by atoms with Gasteiger partial charge in [0.05, 0.1) is 0 Å². The Balaban J connectivity index is 2.27. The van der Waals surface area contributed by atoms with Crippen LogP contribution in [-0.2, 0) is 4.79 Å². The lowest BCUT2D eigenvalue weighted by molar-refractivity contribution is -0.118. The van der Waals surface area contributed by atoms with E-state index >= 15 is 0 Å². The lowest BCUT2D eigenvalue weighted by Crippen LogP contribution is -2.23. The molecule has 1 aliphatic heterocycles. The molecule has 0 unspecified atom stereocenters. The molecule has 1 aliphatic rings. The van der Waals surface area contributed by atoms with Crippen molar-refractivity contribution in [2.75, 3.05) is 13.1 Å². The van der Waals surface area contributed by atoms with Crippen molar-refractivity contribution in [3.05, 3.63) is 0 Å². The van der Waals surface area contributed by atoms with Crippen molar-refractivity contribution in [2.45, 2.75) is 12.8 Å². The van der Waals surface area contributed by atoms with Crippen molar-refractivity contribution in [3.63, 3.8) is 0 Å². The topological polar surface area (TPSA) is 43.2 Å². The quantitative estimate of drug-likeness (QED) is 0.458. The highest BCUT2D eigenvalue weighted by Gasteiger charge is 2.04. The molecule has 0 spiro atoms. The average Bonchev–Trinajstić information content (AvgIpc) is 1.94. The van der Waals surface area contributed by atoms with Crippen LogP contribution in [0.25, 0.3) is 0 Å². The Morgan fingerprint density at radius 1 is 1.50 bits per heavy atom. The van der Waals surface area contributed by atoms with E-state index in [0.717, 1.165) is 6.54 Å². The Hall–Kier alpha value is -0.410. The lowest BCUT2D eigenvalue weighted by Gasteiger charge is -1.91. The fourth-order valence-electron chi connectivity index (χ4n) is 0.659. The monoisotopic (exact) mass is 113 g/mol. The molecule has 1 fully saturated rings. The number of carbonyl (C=O) groups is 1. The average molecular weight is 113 g/mol. The van der Waals surface area contributed by atoms with Gasteiger partial charge in [0.1, 0.15) is 5.78 Å². The standard InChI is InChI=1S/C5H9N2O/c8-5-1-3-6-7-4-2-5/h6H,1-4H2. The number of hydrogen-bond donors (Lipinski definition) is 1. The highest BCUT2D eigenvalue weighted by molar-refractivity contribution is 5.78. The van der Waals surface area contributed by atoms with Crippen LogP contribution in [0.3, 0.4) is 0 Å². The Labute approximate surface area is 48.4 Å². The molecule has 3 heteroatoms. The van der Waals surface area contributed by atoms with Gasteiger partial charge >= 0.3 is 0 Å². The molecule has 0 aliphatic carbocycles. The molecule has 0 saturated carbocycles. The zero-order chi connectivity index (χ0) is 5.82. The van der Waals surface area contributed by atoms with E-state index in [1.165, 1.54) is 0 Å². The SMILES string of the molecule is O=C1CC[N]NCC1. The van der Waals surface area contributed by atoms with E-state index in [0.29, 0.717) is 25.2 Å². The maximum atomic E-state index is 10.6. The Morgan fingerprint density at radius 2 is 2.38 bits per heavy atom. The van der Waals surface area contributed by atoms with Crippen molar-refractivity contribution < 1.29 is 4.79 Å². The lowest BCUT2D eigenvalue weighted by atomic mass is 10.2. The van der Waals surface area contributed by atoms with Crippen molar-refractivity contribution >= 4 is 5.78 Å². The fourth-order valence-corrected chi connectivity index (χ4v) is 0.659. The first-order valence-corrected chi connectivity index (χ1v) is 2.80. The highest BCUT2D eigenvalue weighted by Crippen LogP contribution is 1.89. The largest absolute Gasteiger partial charge is 0.300 e. The van der Waals surface area contributed by atoms with Gasteiger partial charge in [0, 0.05) is 25.9 Å². The van der Waals surface area contributed by atoms with Gasteiger partial charge in [-0.25, -0.2) is 5.43 Å². The minimum atomic E-state index is 0.318. The molecule has 3 nitrogen and oxygen atoms in total. The zero-order valence-corrected chi connectivity index (χ0v) is 4.68. The number of hydrogen-bond acceptors (Lipinski definition) is 2. The highest BCUT2D eigenvalue weighted by atomic mass is 16.1. The summed E-state index contributed by atoms with van der Waals surface area (Å²) in [6.07, 6.45) is 1.26. The first-order valence-electron chi connectivity index (χ1n) is 2.80. The van der Waals surface area contributed by atoms with Crippen LogP contribution in [0.5, 0.6) is 0 Å². The van der Waals surface area contributed by atoms with Crippen LogP contribution in [0.2, 0.25) is 0 Å². The molecule has 0 aromatic carbocycles. The summed E-state index contributed by atoms with van der Waals surface area (Å²) in [5, 5.41) is 0. The van der Waals surface area contributed by atoms with E-state index in [2.05, 4.69) is 10.9 Å². The van der Waals surface area contributed by atoms with Crippen molar-refractivity contribution in [2.24, 2.45) is 0 Å². The van der Waals surface area contributed by atoms with Gasteiger partial charge in [0.15, 0.2) is 0 Å². The van der Waals surface area contributed by atoms with E-state index in [9.17, 15) is 4.79 Å². The third-order valence-corrected chi connectivity index (χ3v) is 1.13. The molecule has 0 bridgehead atoms. The zero-order valence-electron chi connectivity index (χ0n) is 4.68. The van der Waals surface area contributed by atoms with Crippen LogP contribution in [0.1, 0.15) is 12.8 Å². The smallest absolute Gasteiger partial charge is 0.135 e. The van der Waals surface area contributed by atoms with Gasteiger partial charge in [0.25, 0.3) is 0 Å². The number of carbonyl (C=O) groups excluding carboxylic acids is 1. The van der Waals surface area contributed by atoms with Crippen molar-refractivity contribution in [1.29, 1.82) is 0 Å². The Morgan fingerprint density at radius 3 is 3.25 bits per heavy atom. The van der Waals surface area contributed by atoms with Gasteiger partial charge in [-0.05, 0) is 0 Å². The predicted molar refractivity (Wildman–Crippen MR) is 29.2 cm³/mol. The van der Waals surface area contributed by atoms with Crippen LogP contribution in [0.4, 0.5) is 0 Å². The number of Topliss-reactive ketones (excluding diaryl/α,β-unsaturated/α-hetero) is 1. The summed E-state index contributed by atoms with van der Waals surface area (Å²) in [5.74, 6) is 0.318. The Bertz CT molecular complexity index is 82.4. The summed E-state index contributed by atoms with van der Waals surface area (Å²) in [6.45, 7) is 1.37. The van der Waals surface area contributed by atoms with Gasteiger partial charge in [-0.15, -0.1) is 0 Å². The minimum Gasteiger partial charge on any atom is -0.300 e. The molecule has 1 saturated heterocycles. The summed E-state index contributed by atoms with van der Waals surface area (Å²) < 4.78 is 0. The van der Waals surface area contributed by atoms with E-state index in [-0.39, 0.29) is 0 Å². The molecule has 0 atom stereocenters. The molecule has 0 aromatic heterocycles. The van der Waals surface area contributed by atoms with E-state index in [1.807, 2.05) is 0 Å². The third kappa shape index (κ3) is 1.60. The molecule has 1 rings (SSSR count). The fraction of sp³-hybridized carbons (Fsp3) is 0.800. The third-order valence-electron chi connectivity index (χ3n) is 1.13. The van der Waals surface area contributed by atoms with Crippen LogP contribution < -0.4 is 10.9 Å². The molecule has 0 amide bonds. The second-order valence-corrected chi connectivity index (χ2v) is 1.83. The molecule has 1 N–H and O–H groups in total. The normalized spacial score (nSPS) is 22.8. The van der Waals surface area contributed by atoms with Gasteiger partial charge < -0.3 is 0 Å². The van der Waals surface area contributed by atoms with Crippen LogP contribution in [0.15, 0.2) is 0 Å². The summed E-state index contributed by atoms with van der Waals surface area (Å²) in [4.78, 5) is 10.6. The van der Waals surface area contributed by atoms with Gasteiger partial charge in [-0.2, -0.15) is 5.43 Å². The van der Waals surface area contributed by atoms with Gasteiger partial charge in [0.2, 0.25) is 0 Å². The van der Waals surface area contributed by atoms with Gasteiger partial charge in [-0.1, -0.05) is 0 Å². The predicted octanol–water partition coefficient (Wildman–Crippen LogP) is -0.542.